The molecule has 3 rings (SSSR count). The molecule has 0 aliphatic heterocycles. The summed E-state index contributed by atoms with van der Waals surface area (Å²) >= 11 is 1.74. The molecule has 0 aliphatic rings. The Bertz CT molecular complexity index is 792. The molecule has 0 spiro atoms. The Labute approximate surface area is 129 Å². The first-order valence-electron chi connectivity index (χ1n) is 7.04. The highest BCUT2D eigenvalue weighted by molar-refractivity contribution is 7.18. The van der Waals surface area contributed by atoms with Gasteiger partial charge in [0.25, 0.3) is 0 Å². The zero-order chi connectivity index (χ0) is 15.0. The highest BCUT2D eigenvalue weighted by Crippen LogP contribution is 2.34. The monoisotopic (exact) mass is 297 g/mol. The number of hydrogen-bond acceptors (Lipinski definition) is 4. The number of rotatable bonds is 3. The molecule has 0 bridgehead atoms. The van der Waals surface area contributed by atoms with Crippen LogP contribution in [0.1, 0.15) is 21.6 Å². The van der Waals surface area contributed by atoms with Crippen LogP contribution < -0.4 is 4.90 Å². The third-order valence-corrected chi connectivity index (χ3v) is 5.09. The van der Waals surface area contributed by atoms with Crippen LogP contribution in [0.25, 0.3) is 10.2 Å². The van der Waals surface area contributed by atoms with E-state index in [1.165, 1.54) is 27.0 Å². The van der Waals surface area contributed by atoms with Crippen molar-refractivity contribution in [2.45, 2.75) is 27.3 Å². The predicted octanol–water partition coefficient (Wildman–Crippen LogP) is 4.25. The quantitative estimate of drug-likeness (QED) is 0.723. The molecule has 3 aromatic rings. The zero-order valence-corrected chi connectivity index (χ0v) is 13.7. The van der Waals surface area contributed by atoms with Gasteiger partial charge in [0.2, 0.25) is 0 Å². The molecule has 0 amide bonds. The lowest BCUT2D eigenvalue weighted by Gasteiger charge is -2.20. The third kappa shape index (κ3) is 2.51. The third-order valence-electron chi connectivity index (χ3n) is 3.98. The average Bonchev–Trinajstić information content (AvgIpc) is 2.76. The summed E-state index contributed by atoms with van der Waals surface area (Å²) in [6, 6.07) is 8.49. The van der Waals surface area contributed by atoms with Crippen molar-refractivity contribution in [3.05, 3.63) is 52.2 Å². The second-order valence-electron chi connectivity index (χ2n) is 5.44. The topological polar surface area (TPSA) is 29.0 Å². The van der Waals surface area contributed by atoms with Gasteiger partial charge in [0.05, 0.1) is 5.39 Å². The molecule has 108 valence electrons. The summed E-state index contributed by atoms with van der Waals surface area (Å²) in [4.78, 5) is 13.5. The van der Waals surface area contributed by atoms with Gasteiger partial charge in [-0.2, -0.15) is 0 Å². The summed E-state index contributed by atoms with van der Waals surface area (Å²) < 4.78 is 0. The van der Waals surface area contributed by atoms with E-state index in [1.807, 2.05) is 0 Å². The molecule has 0 atom stereocenters. The molecule has 3 nitrogen and oxygen atoms in total. The molecule has 2 heterocycles. The number of aryl methyl sites for hydroxylation is 3. The molecule has 0 fully saturated rings. The molecule has 0 unspecified atom stereocenters. The van der Waals surface area contributed by atoms with Crippen molar-refractivity contribution in [3.63, 3.8) is 0 Å². The Balaban J connectivity index is 2.02. The van der Waals surface area contributed by atoms with Crippen LogP contribution in [0, 0.1) is 20.8 Å². The minimum atomic E-state index is 0.854. The molecule has 0 radical (unpaired) electrons. The van der Waals surface area contributed by atoms with Gasteiger partial charge in [-0.1, -0.05) is 24.3 Å². The van der Waals surface area contributed by atoms with E-state index in [-0.39, 0.29) is 0 Å². The summed E-state index contributed by atoms with van der Waals surface area (Å²) in [6.07, 6.45) is 1.67. The maximum atomic E-state index is 4.53. The van der Waals surface area contributed by atoms with Crippen LogP contribution in [0.15, 0.2) is 30.6 Å². The van der Waals surface area contributed by atoms with Crippen LogP contribution >= 0.6 is 11.3 Å². The molecule has 4 heteroatoms. The largest absolute Gasteiger partial charge is 0.355 e. The van der Waals surface area contributed by atoms with E-state index in [0.29, 0.717) is 0 Å². The smallest absolute Gasteiger partial charge is 0.141 e. The number of fused-ring (bicyclic) bond motifs is 1. The number of anilines is 1. The number of aromatic nitrogens is 2. The molecule has 0 saturated heterocycles. The second-order valence-corrected chi connectivity index (χ2v) is 6.65. The molecule has 21 heavy (non-hydrogen) atoms. The van der Waals surface area contributed by atoms with Gasteiger partial charge in [0.1, 0.15) is 17.0 Å². The van der Waals surface area contributed by atoms with E-state index in [4.69, 9.17) is 0 Å². The number of benzene rings is 1. The van der Waals surface area contributed by atoms with Crippen LogP contribution in [0.3, 0.4) is 0 Å². The highest BCUT2D eigenvalue weighted by Gasteiger charge is 2.15. The van der Waals surface area contributed by atoms with Gasteiger partial charge in [-0.15, -0.1) is 11.3 Å². The lowest BCUT2D eigenvalue weighted by atomic mass is 10.1. The van der Waals surface area contributed by atoms with E-state index in [9.17, 15) is 0 Å². The van der Waals surface area contributed by atoms with Crippen LogP contribution in [-0.2, 0) is 6.54 Å². The van der Waals surface area contributed by atoms with Crippen molar-refractivity contribution >= 4 is 27.4 Å². The first-order chi connectivity index (χ1) is 10.1. The number of nitrogens with zero attached hydrogens (tertiary/aromatic N) is 3. The molecule has 0 saturated carbocycles. The van der Waals surface area contributed by atoms with E-state index in [1.54, 1.807) is 17.7 Å². The Morgan fingerprint density at radius 1 is 1.10 bits per heavy atom. The number of hydrogen-bond donors (Lipinski definition) is 0. The van der Waals surface area contributed by atoms with E-state index in [0.717, 1.165) is 17.2 Å². The first-order valence-corrected chi connectivity index (χ1v) is 7.86. The summed E-state index contributed by atoms with van der Waals surface area (Å²) in [5, 5.41) is 1.19. The molecule has 1 aromatic carbocycles. The van der Waals surface area contributed by atoms with Gasteiger partial charge in [0, 0.05) is 18.5 Å². The van der Waals surface area contributed by atoms with Crippen molar-refractivity contribution in [1.29, 1.82) is 0 Å². The Morgan fingerprint density at radius 3 is 2.62 bits per heavy atom. The van der Waals surface area contributed by atoms with Crippen molar-refractivity contribution in [2.24, 2.45) is 0 Å². The fraction of sp³-hybridized carbons (Fsp3) is 0.294. The lowest BCUT2D eigenvalue weighted by molar-refractivity contribution is 0.893. The van der Waals surface area contributed by atoms with Crippen molar-refractivity contribution < 1.29 is 0 Å². The summed E-state index contributed by atoms with van der Waals surface area (Å²) in [6.45, 7) is 7.31. The van der Waals surface area contributed by atoms with Crippen molar-refractivity contribution in [2.75, 3.05) is 11.9 Å². The minimum absolute atomic E-state index is 0.854. The van der Waals surface area contributed by atoms with E-state index in [2.05, 4.69) is 67.0 Å². The van der Waals surface area contributed by atoms with Gasteiger partial charge < -0.3 is 4.90 Å². The minimum Gasteiger partial charge on any atom is -0.355 e. The summed E-state index contributed by atoms with van der Waals surface area (Å²) in [5.41, 5.74) is 3.94. The summed E-state index contributed by atoms with van der Waals surface area (Å²) in [5.74, 6) is 1.02. The Morgan fingerprint density at radius 2 is 1.86 bits per heavy atom. The normalized spacial score (nSPS) is 11.0. The fourth-order valence-corrected chi connectivity index (χ4v) is 3.56. The van der Waals surface area contributed by atoms with Crippen LogP contribution in [-0.4, -0.2) is 17.0 Å². The Hall–Kier alpha value is -1.94. The van der Waals surface area contributed by atoms with Gasteiger partial charge in [0.15, 0.2) is 0 Å². The van der Waals surface area contributed by atoms with Crippen LogP contribution in [0.5, 0.6) is 0 Å². The molecular weight excluding hydrogens is 278 g/mol. The standard InChI is InChI=1S/C17H19N3S/c1-11-7-5-6-8-14(11)9-20(4)16-15-12(2)13(3)21-17(15)19-10-18-16/h5-8,10H,9H2,1-4H3. The van der Waals surface area contributed by atoms with Crippen LogP contribution in [0.2, 0.25) is 0 Å². The van der Waals surface area contributed by atoms with Gasteiger partial charge in [-0.3, -0.25) is 0 Å². The van der Waals surface area contributed by atoms with E-state index >= 15 is 0 Å². The Kier molecular flexibility index (Phi) is 3.64. The predicted molar refractivity (Wildman–Crippen MR) is 90.2 cm³/mol. The van der Waals surface area contributed by atoms with Crippen molar-refractivity contribution in [3.8, 4) is 0 Å². The lowest BCUT2D eigenvalue weighted by Crippen LogP contribution is -2.18. The number of thiophene rings is 1. The molecule has 0 aliphatic carbocycles. The summed E-state index contributed by atoms with van der Waals surface area (Å²) in [7, 11) is 2.10. The van der Waals surface area contributed by atoms with Gasteiger partial charge in [-0.05, 0) is 37.5 Å². The maximum Gasteiger partial charge on any atom is 0.141 e. The van der Waals surface area contributed by atoms with Crippen LogP contribution in [0.4, 0.5) is 5.82 Å². The zero-order valence-electron chi connectivity index (χ0n) is 12.8. The molecule has 2 aromatic heterocycles. The molecule has 0 N–H and O–H groups in total. The second kappa shape index (κ2) is 5.45. The highest BCUT2D eigenvalue weighted by atomic mass is 32.1. The SMILES string of the molecule is Cc1ccccc1CN(C)c1ncnc2sc(C)c(C)c12. The molecular formula is C17H19N3S. The maximum absolute atomic E-state index is 4.53. The fourth-order valence-electron chi connectivity index (χ4n) is 2.57. The average molecular weight is 297 g/mol. The first kappa shape index (κ1) is 14.0. The van der Waals surface area contributed by atoms with Crippen molar-refractivity contribution in [1.82, 2.24) is 9.97 Å². The van der Waals surface area contributed by atoms with Gasteiger partial charge >= 0.3 is 0 Å². The van der Waals surface area contributed by atoms with E-state index < -0.39 is 0 Å². The van der Waals surface area contributed by atoms with Gasteiger partial charge in [-0.25, -0.2) is 9.97 Å².